The number of nitrogens with zero attached hydrogens (tertiary/aromatic N) is 2. The molecule has 0 amide bonds. The zero-order valence-electron chi connectivity index (χ0n) is 35.4. The van der Waals surface area contributed by atoms with Crippen molar-refractivity contribution in [3.8, 4) is 39.1 Å². The fraction of sp³-hybridized carbons (Fsp3) is 0. The van der Waals surface area contributed by atoms with Crippen molar-refractivity contribution in [3.05, 3.63) is 243 Å². The van der Waals surface area contributed by atoms with Crippen molar-refractivity contribution in [2.45, 2.75) is 0 Å². The van der Waals surface area contributed by atoms with E-state index in [-0.39, 0.29) is 0 Å². The summed E-state index contributed by atoms with van der Waals surface area (Å²) in [5.41, 5.74) is 15.3. The molecule has 3 heteroatoms. The molecule has 2 heterocycles. The maximum atomic E-state index is 6.92. The predicted octanol–water partition coefficient (Wildman–Crippen LogP) is 17.5. The van der Waals surface area contributed by atoms with Gasteiger partial charge in [0.15, 0.2) is 0 Å². The van der Waals surface area contributed by atoms with Crippen LogP contribution >= 0.6 is 0 Å². The van der Waals surface area contributed by atoms with E-state index in [1.165, 1.54) is 65.6 Å². The molecule has 2 aromatic heterocycles. The third-order valence-corrected chi connectivity index (χ3v) is 13.2. The summed E-state index contributed by atoms with van der Waals surface area (Å²) >= 11 is 0. The molecule has 0 saturated heterocycles. The van der Waals surface area contributed by atoms with Gasteiger partial charge in [-0.2, -0.15) is 0 Å². The number of para-hydroxylation sites is 3. The Bertz CT molecular complexity index is 3870. The number of anilines is 3. The maximum absolute atomic E-state index is 6.92. The average Bonchev–Trinajstić information content (AvgIpc) is 3.94. The number of hydrogen-bond acceptors (Lipinski definition) is 2. The molecule has 0 spiro atoms. The molecule has 0 unspecified atom stereocenters. The second-order valence-corrected chi connectivity index (χ2v) is 16.9. The number of rotatable bonds is 7. The van der Waals surface area contributed by atoms with E-state index in [2.05, 4.69) is 252 Å². The van der Waals surface area contributed by atoms with Crippen LogP contribution in [0.3, 0.4) is 0 Å². The third kappa shape index (κ3) is 6.12. The lowest BCUT2D eigenvalue weighted by atomic mass is 9.97. The van der Waals surface area contributed by atoms with Gasteiger partial charge in [0.25, 0.3) is 0 Å². The van der Waals surface area contributed by atoms with E-state index in [4.69, 9.17) is 4.42 Å². The summed E-state index contributed by atoms with van der Waals surface area (Å²) < 4.78 is 9.28. The normalized spacial score (nSPS) is 11.7. The topological polar surface area (TPSA) is 21.3 Å². The van der Waals surface area contributed by atoms with Crippen LogP contribution in [0.4, 0.5) is 17.1 Å². The Balaban J connectivity index is 0.963. The van der Waals surface area contributed by atoms with Crippen LogP contribution in [0.25, 0.3) is 104 Å². The standard InChI is InChI=1S/C62H40N2O/c1-2-14-46-40-47(25-24-41(46)12-1)42-26-32-48(33-27-42)63(49-34-28-44(29-35-49)52-20-11-15-43-13-3-4-16-51(43)52)59-39-38-53(62-61(59)56-19-7-10-23-60(56)65-62)45-30-36-50(37-31-45)64-57-21-8-5-17-54(57)55-18-6-9-22-58(55)64/h1-40H. The molecule has 0 N–H and O–H groups in total. The molecule has 0 aliphatic rings. The van der Waals surface area contributed by atoms with Gasteiger partial charge in [0.1, 0.15) is 11.2 Å². The Hall–Kier alpha value is -8.66. The van der Waals surface area contributed by atoms with Gasteiger partial charge in [-0.15, -0.1) is 0 Å². The van der Waals surface area contributed by atoms with Crippen molar-refractivity contribution < 1.29 is 4.42 Å². The first-order valence-electron chi connectivity index (χ1n) is 22.2. The van der Waals surface area contributed by atoms with Crippen LogP contribution in [0, 0.1) is 0 Å². The van der Waals surface area contributed by atoms with E-state index in [0.29, 0.717) is 0 Å². The monoisotopic (exact) mass is 828 g/mol. The van der Waals surface area contributed by atoms with E-state index in [0.717, 1.165) is 55.8 Å². The SMILES string of the molecule is c1ccc2cc(-c3ccc(N(c4ccc(-c5cccc6ccccc56)cc4)c4ccc(-c5ccc(-n6c7ccccc7c7ccccc76)cc5)c5oc6ccccc6c45)cc3)ccc2c1. The highest BCUT2D eigenvalue weighted by Crippen LogP contribution is 2.47. The minimum atomic E-state index is 0.857. The fourth-order valence-electron chi connectivity index (χ4n) is 10.1. The van der Waals surface area contributed by atoms with Gasteiger partial charge in [-0.25, -0.2) is 0 Å². The summed E-state index contributed by atoms with van der Waals surface area (Å²) in [6.45, 7) is 0. The highest BCUT2D eigenvalue weighted by molar-refractivity contribution is 6.17. The van der Waals surface area contributed by atoms with Crippen molar-refractivity contribution in [3.63, 3.8) is 0 Å². The molecule has 13 rings (SSSR count). The molecule has 0 atom stereocenters. The number of fused-ring (bicyclic) bond motifs is 8. The lowest BCUT2D eigenvalue weighted by Gasteiger charge is -2.27. The van der Waals surface area contributed by atoms with Crippen LogP contribution in [0.1, 0.15) is 0 Å². The molecule has 3 nitrogen and oxygen atoms in total. The van der Waals surface area contributed by atoms with Gasteiger partial charge in [-0.1, -0.05) is 170 Å². The zero-order valence-corrected chi connectivity index (χ0v) is 35.4. The minimum Gasteiger partial charge on any atom is -0.455 e. The minimum absolute atomic E-state index is 0.857. The van der Waals surface area contributed by atoms with Crippen molar-refractivity contribution in [2.24, 2.45) is 0 Å². The van der Waals surface area contributed by atoms with Gasteiger partial charge in [0.05, 0.1) is 22.1 Å². The van der Waals surface area contributed by atoms with Gasteiger partial charge in [-0.3, -0.25) is 0 Å². The molecule has 304 valence electrons. The molecule has 0 radical (unpaired) electrons. The highest BCUT2D eigenvalue weighted by Gasteiger charge is 2.23. The third-order valence-electron chi connectivity index (χ3n) is 13.2. The van der Waals surface area contributed by atoms with Crippen molar-refractivity contribution >= 4 is 82.4 Å². The second kappa shape index (κ2) is 15.0. The number of hydrogen-bond donors (Lipinski definition) is 0. The van der Waals surface area contributed by atoms with Gasteiger partial charge >= 0.3 is 0 Å². The first kappa shape index (κ1) is 36.9. The Kier molecular flexibility index (Phi) is 8.53. The van der Waals surface area contributed by atoms with Crippen LogP contribution in [-0.2, 0) is 0 Å². The van der Waals surface area contributed by atoms with Crippen molar-refractivity contribution in [2.75, 3.05) is 4.90 Å². The number of furan rings is 1. The lowest BCUT2D eigenvalue weighted by molar-refractivity contribution is 0.670. The first-order chi connectivity index (χ1) is 32.2. The molecule has 13 aromatic rings. The van der Waals surface area contributed by atoms with Crippen LogP contribution in [0.15, 0.2) is 247 Å². The maximum Gasteiger partial charge on any atom is 0.145 e. The molecule has 0 bridgehead atoms. The largest absolute Gasteiger partial charge is 0.455 e. The van der Waals surface area contributed by atoms with Crippen LogP contribution in [0.5, 0.6) is 0 Å². The van der Waals surface area contributed by atoms with E-state index in [1.54, 1.807) is 0 Å². The average molecular weight is 829 g/mol. The molecule has 0 aliphatic carbocycles. The molecule has 0 aliphatic heterocycles. The van der Waals surface area contributed by atoms with Crippen LogP contribution < -0.4 is 4.90 Å². The van der Waals surface area contributed by atoms with Crippen LogP contribution in [0.2, 0.25) is 0 Å². The van der Waals surface area contributed by atoms with E-state index in [9.17, 15) is 0 Å². The summed E-state index contributed by atoms with van der Waals surface area (Å²) in [5, 5.41) is 9.60. The quantitative estimate of drug-likeness (QED) is 0.160. The van der Waals surface area contributed by atoms with E-state index < -0.39 is 0 Å². The summed E-state index contributed by atoms with van der Waals surface area (Å²) in [6.07, 6.45) is 0. The number of aromatic nitrogens is 1. The Morgan fingerprint density at radius 3 is 1.60 bits per heavy atom. The second-order valence-electron chi connectivity index (χ2n) is 16.9. The summed E-state index contributed by atoms with van der Waals surface area (Å²) in [5.74, 6) is 0. The first-order valence-corrected chi connectivity index (χ1v) is 22.2. The van der Waals surface area contributed by atoms with E-state index >= 15 is 0 Å². The summed E-state index contributed by atoms with van der Waals surface area (Å²) in [6, 6.07) is 87.6. The van der Waals surface area contributed by atoms with Gasteiger partial charge in [0, 0.05) is 38.8 Å². The number of benzene rings is 11. The summed E-state index contributed by atoms with van der Waals surface area (Å²) in [4.78, 5) is 2.39. The Morgan fingerprint density at radius 2 is 0.877 bits per heavy atom. The fourth-order valence-corrected chi connectivity index (χ4v) is 10.1. The van der Waals surface area contributed by atoms with Crippen molar-refractivity contribution in [1.29, 1.82) is 0 Å². The molecule has 65 heavy (non-hydrogen) atoms. The van der Waals surface area contributed by atoms with Crippen LogP contribution in [-0.4, -0.2) is 4.57 Å². The molecular formula is C62H40N2O. The van der Waals surface area contributed by atoms with Gasteiger partial charge in [0.2, 0.25) is 0 Å². The van der Waals surface area contributed by atoms with Crippen molar-refractivity contribution in [1.82, 2.24) is 4.57 Å². The molecule has 0 saturated carbocycles. The zero-order chi connectivity index (χ0) is 42.8. The lowest BCUT2D eigenvalue weighted by Crippen LogP contribution is -2.10. The molecule has 11 aromatic carbocycles. The smallest absolute Gasteiger partial charge is 0.145 e. The molecular weight excluding hydrogens is 789 g/mol. The van der Waals surface area contributed by atoms with Gasteiger partial charge < -0.3 is 13.9 Å². The Morgan fingerprint density at radius 1 is 0.338 bits per heavy atom. The molecule has 0 fully saturated rings. The Labute approximate surface area is 376 Å². The van der Waals surface area contributed by atoms with E-state index in [1.807, 2.05) is 0 Å². The highest BCUT2D eigenvalue weighted by atomic mass is 16.3. The summed E-state index contributed by atoms with van der Waals surface area (Å²) in [7, 11) is 0. The van der Waals surface area contributed by atoms with Gasteiger partial charge in [-0.05, 0) is 122 Å². The predicted molar refractivity (Wildman–Crippen MR) is 274 cm³/mol.